The van der Waals surface area contributed by atoms with Crippen LogP contribution in [-0.4, -0.2) is 9.13 Å². The monoisotopic (exact) mass is 1130 g/mol. The Morgan fingerprint density at radius 3 is 1.15 bits per heavy atom. The molecular formula is C80H46N4S2. The van der Waals surface area contributed by atoms with Gasteiger partial charge in [0, 0.05) is 63.6 Å². The summed E-state index contributed by atoms with van der Waals surface area (Å²) in [5.74, 6) is 0. The Morgan fingerprint density at radius 2 is 0.733 bits per heavy atom. The van der Waals surface area contributed by atoms with Crippen LogP contribution in [0.1, 0.15) is 5.56 Å². The highest BCUT2D eigenvalue weighted by atomic mass is 32.1. The predicted molar refractivity (Wildman–Crippen MR) is 364 cm³/mol. The summed E-state index contributed by atoms with van der Waals surface area (Å²) >= 11 is 3.62. The fourth-order valence-electron chi connectivity index (χ4n) is 13.7. The third-order valence-corrected chi connectivity index (χ3v) is 19.7. The van der Waals surface area contributed by atoms with Gasteiger partial charge in [0.25, 0.3) is 0 Å². The summed E-state index contributed by atoms with van der Waals surface area (Å²) in [5, 5.41) is 21.5. The molecule has 17 aromatic rings. The molecule has 0 bridgehead atoms. The summed E-state index contributed by atoms with van der Waals surface area (Å²) in [6.45, 7) is 9.64. The second-order valence-electron chi connectivity index (χ2n) is 22.0. The molecule has 0 atom stereocenters. The lowest BCUT2D eigenvalue weighted by atomic mass is 9.88. The highest BCUT2D eigenvalue weighted by Gasteiger charge is 2.33. The predicted octanol–water partition coefficient (Wildman–Crippen LogP) is 23.0. The molecule has 0 saturated carbocycles. The van der Waals surface area contributed by atoms with Crippen molar-refractivity contribution in [2.75, 3.05) is 0 Å². The van der Waals surface area contributed by atoms with Crippen LogP contribution >= 0.6 is 22.7 Å². The highest BCUT2D eigenvalue weighted by molar-refractivity contribution is 7.27. The van der Waals surface area contributed by atoms with Crippen molar-refractivity contribution in [1.82, 2.24) is 9.13 Å². The zero-order valence-corrected chi connectivity index (χ0v) is 47.8. The average Bonchev–Trinajstić information content (AvgIpc) is 1.52. The zero-order chi connectivity index (χ0) is 57.0. The van der Waals surface area contributed by atoms with Crippen molar-refractivity contribution in [3.8, 4) is 84.2 Å². The number of nitriles is 1. The SMILES string of the molecule is [C-]#[N+]c1c(-c2ccccc2)c(C#N)c(-n2c3c(ccc4c3sc3cccc(-c5ccccc5)c34)c3ccc4c(sc5cccc(-c6ccccc6)c54)c32)c(-c2ccccc2)c1-n1c2ccc(-c3ccccc3)cc2c2cc(-c3ccccc3)ccc21. The van der Waals surface area contributed by atoms with E-state index in [1.165, 1.54) is 31.3 Å². The number of benzene rings is 13. The van der Waals surface area contributed by atoms with E-state index in [1.807, 2.05) is 40.9 Å². The topological polar surface area (TPSA) is 38.0 Å². The van der Waals surface area contributed by atoms with E-state index in [9.17, 15) is 11.8 Å². The second-order valence-corrected chi connectivity index (χ2v) is 24.1. The molecule has 0 saturated heterocycles. The van der Waals surface area contributed by atoms with E-state index in [-0.39, 0.29) is 0 Å². The molecule has 6 heteroatoms. The van der Waals surface area contributed by atoms with Gasteiger partial charge in [-0.05, 0) is 92.0 Å². The Kier molecular flexibility index (Phi) is 11.4. The van der Waals surface area contributed by atoms with Crippen LogP contribution in [0, 0.1) is 17.9 Å². The molecule has 4 nitrogen and oxygen atoms in total. The summed E-state index contributed by atoms with van der Waals surface area (Å²) in [6.07, 6.45) is 0. The van der Waals surface area contributed by atoms with E-state index in [0.29, 0.717) is 22.5 Å². The molecule has 0 aliphatic rings. The fourth-order valence-corrected chi connectivity index (χ4v) is 16.2. The van der Waals surface area contributed by atoms with Crippen LogP contribution in [0.2, 0.25) is 0 Å². The molecule has 13 aromatic carbocycles. The molecule has 0 spiro atoms. The fraction of sp³-hybridized carbons (Fsp3) is 0. The Bertz CT molecular complexity index is 5420. The molecule has 0 fully saturated rings. The van der Waals surface area contributed by atoms with Gasteiger partial charge >= 0.3 is 0 Å². The molecule has 0 aliphatic carbocycles. The van der Waals surface area contributed by atoms with Crippen molar-refractivity contribution < 1.29 is 0 Å². The minimum Gasteiger partial charge on any atom is -0.318 e. The number of hydrogen-bond acceptors (Lipinski definition) is 3. The van der Waals surface area contributed by atoms with Gasteiger partial charge in [0.1, 0.15) is 6.07 Å². The van der Waals surface area contributed by atoms with Crippen LogP contribution in [0.15, 0.2) is 279 Å². The quantitative estimate of drug-likeness (QED) is 0.140. The van der Waals surface area contributed by atoms with Gasteiger partial charge in [-0.15, -0.1) is 22.7 Å². The maximum atomic E-state index is 12.5. The molecule has 0 aliphatic heterocycles. The standard InChI is InChI=1S/C80H46N4S2/c1-82-74-70(53-30-16-6-17-31-53)65(48-81)75(71(54-32-18-7-19-33-54)78(74)83-66-44-38-55(49-22-8-2-9-23-49)46-63(66)64-47-56(39-45-67(64)83)50-24-10-3-11-25-50)84-76-59(40-42-61-72-57(51-26-12-4-13-27-51)34-20-36-68(72)85-79(61)76)60-41-43-62-73-58(52-28-14-5-15-29-52)35-21-37-69(73)86-80(62)77(60)84/h2-47H. The van der Waals surface area contributed by atoms with Crippen LogP contribution in [-0.2, 0) is 0 Å². The molecule has 398 valence electrons. The second kappa shape index (κ2) is 19.8. The van der Waals surface area contributed by atoms with Crippen molar-refractivity contribution in [2.24, 2.45) is 0 Å². The summed E-state index contributed by atoms with van der Waals surface area (Å²) in [7, 11) is 0. The van der Waals surface area contributed by atoms with Gasteiger partial charge in [-0.25, -0.2) is 4.85 Å². The van der Waals surface area contributed by atoms with E-state index >= 15 is 0 Å². The summed E-state index contributed by atoms with van der Waals surface area (Å²) < 4.78 is 9.42. The minimum absolute atomic E-state index is 0.396. The molecule has 0 unspecified atom stereocenters. The van der Waals surface area contributed by atoms with E-state index in [1.54, 1.807) is 0 Å². The first-order valence-electron chi connectivity index (χ1n) is 28.8. The van der Waals surface area contributed by atoms with Gasteiger partial charge < -0.3 is 9.13 Å². The summed E-state index contributed by atoms with van der Waals surface area (Å²) in [5.41, 5.74) is 18.3. The van der Waals surface area contributed by atoms with Gasteiger partial charge in [-0.2, -0.15) is 5.26 Å². The smallest absolute Gasteiger partial charge is 0.220 e. The van der Waals surface area contributed by atoms with E-state index in [0.717, 1.165) is 120 Å². The molecular weight excluding hydrogens is 1080 g/mol. The molecule has 4 aromatic heterocycles. The minimum atomic E-state index is 0.396. The van der Waals surface area contributed by atoms with Crippen LogP contribution < -0.4 is 0 Å². The third kappa shape index (κ3) is 7.45. The number of nitrogens with zero attached hydrogens (tertiary/aromatic N) is 4. The van der Waals surface area contributed by atoms with Crippen molar-refractivity contribution in [1.29, 1.82) is 5.26 Å². The molecule has 17 rings (SSSR count). The lowest BCUT2D eigenvalue weighted by Crippen LogP contribution is -2.09. The lowest BCUT2D eigenvalue weighted by molar-refractivity contribution is 1.14. The number of rotatable bonds is 8. The van der Waals surface area contributed by atoms with E-state index in [4.69, 9.17) is 4.85 Å². The van der Waals surface area contributed by atoms with Gasteiger partial charge in [0.15, 0.2) is 0 Å². The van der Waals surface area contributed by atoms with Crippen LogP contribution in [0.4, 0.5) is 5.69 Å². The van der Waals surface area contributed by atoms with Gasteiger partial charge in [0.2, 0.25) is 5.69 Å². The maximum Gasteiger partial charge on any atom is 0.220 e. The van der Waals surface area contributed by atoms with Crippen LogP contribution in [0.3, 0.4) is 0 Å². The first kappa shape index (κ1) is 49.5. The number of aromatic nitrogens is 2. The molecule has 86 heavy (non-hydrogen) atoms. The Morgan fingerprint density at radius 1 is 0.337 bits per heavy atom. The van der Waals surface area contributed by atoms with E-state index < -0.39 is 0 Å². The Hall–Kier alpha value is -11.1. The number of thiophene rings is 2. The van der Waals surface area contributed by atoms with Crippen molar-refractivity contribution >= 4 is 112 Å². The van der Waals surface area contributed by atoms with Crippen molar-refractivity contribution in [3.05, 3.63) is 296 Å². The zero-order valence-electron chi connectivity index (χ0n) is 46.2. The lowest BCUT2D eigenvalue weighted by Gasteiger charge is -2.26. The normalized spacial score (nSPS) is 11.7. The molecule has 0 N–H and O–H groups in total. The van der Waals surface area contributed by atoms with Gasteiger partial charge in [0.05, 0.1) is 55.0 Å². The molecule has 0 radical (unpaired) electrons. The largest absolute Gasteiger partial charge is 0.318 e. The van der Waals surface area contributed by atoms with Crippen LogP contribution in [0.25, 0.3) is 167 Å². The van der Waals surface area contributed by atoms with Crippen molar-refractivity contribution in [2.45, 2.75) is 0 Å². The first-order valence-corrected chi connectivity index (χ1v) is 30.5. The Labute approximate surface area is 503 Å². The van der Waals surface area contributed by atoms with E-state index in [2.05, 4.69) is 276 Å². The maximum absolute atomic E-state index is 12.5. The van der Waals surface area contributed by atoms with Gasteiger partial charge in [-0.3, -0.25) is 0 Å². The molecule has 4 heterocycles. The molecule has 0 amide bonds. The number of hydrogen-bond donors (Lipinski definition) is 0. The third-order valence-electron chi connectivity index (χ3n) is 17.4. The highest BCUT2D eigenvalue weighted by Crippen LogP contribution is 2.56. The first-order chi connectivity index (χ1) is 42.6. The summed E-state index contributed by atoms with van der Waals surface area (Å²) in [6, 6.07) is 102. The van der Waals surface area contributed by atoms with Crippen LogP contribution in [0.5, 0.6) is 0 Å². The van der Waals surface area contributed by atoms with Crippen molar-refractivity contribution in [3.63, 3.8) is 0 Å². The summed E-state index contributed by atoms with van der Waals surface area (Å²) in [4.78, 5) is 4.70. The Balaban J connectivity index is 1.12. The number of fused-ring (bicyclic) bond motifs is 14. The van der Waals surface area contributed by atoms with Gasteiger partial charge in [-0.1, -0.05) is 243 Å². The average molecular weight is 1130 g/mol.